The number of fused-ring (bicyclic) bond motifs is 1. The predicted octanol–water partition coefficient (Wildman–Crippen LogP) is 4.44. The zero-order chi connectivity index (χ0) is 28.7. The van der Waals surface area contributed by atoms with Gasteiger partial charge in [0.2, 0.25) is 5.91 Å². The molecule has 1 aliphatic heterocycles. The maximum absolute atomic E-state index is 12.9. The molecule has 0 fully saturated rings. The molecular formula is C29H40N4O5S. The van der Waals surface area contributed by atoms with Crippen molar-refractivity contribution in [1.82, 2.24) is 20.1 Å². The third-order valence-electron chi connectivity index (χ3n) is 7.24. The quantitative estimate of drug-likeness (QED) is 0.366. The molecule has 39 heavy (non-hydrogen) atoms. The van der Waals surface area contributed by atoms with Crippen molar-refractivity contribution in [2.24, 2.45) is 11.8 Å². The number of nitrogens with one attached hydrogen (secondary N) is 1. The Bertz CT molecular complexity index is 1180. The third kappa shape index (κ3) is 7.88. The Morgan fingerprint density at radius 2 is 1.92 bits per heavy atom. The second-order valence-electron chi connectivity index (χ2n) is 10.6. The van der Waals surface area contributed by atoms with E-state index in [-0.39, 0.29) is 47.8 Å². The molecule has 212 valence electrons. The summed E-state index contributed by atoms with van der Waals surface area (Å²) in [5, 5.41) is 4.98. The molecule has 3 amide bonds. The van der Waals surface area contributed by atoms with Crippen LogP contribution in [0.15, 0.2) is 29.6 Å². The number of nitrogens with zero attached hydrogens (tertiary/aromatic N) is 3. The Balaban J connectivity index is 1.63. The topological polar surface area (TPSA) is 109 Å². The lowest BCUT2D eigenvalue weighted by Gasteiger charge is -2.34. The lowest BCUT2D eigenvalue weighted by atomic mass is 9.95. The highest BCUT2D eigenvalue weighted by Gasteiger charge is 2.31. The molecule has 2 aromatic rings. The molecule has 1 N–H and O–H groups in total. The van der Waals surface area contributed by atoms with Gasteiger partial charge in [0.05, 0.1) is 0 Å². The van der Waals surface area contributed by atoms with Gasteiger partial charge in [0.25, 0.3) is 11.8 Å². The van der Waals surface area contributed by atoms with Crippen molar-refractivity contribution < 1.29 is 23.9 Å². The van der Waals surface area contributed by atoms with Gasteiger partial charge in [-0.25, -0.2) is 4.98 Å². The average molecular weight is 557 g/mol. The predicted molar refractivity (Wildman–Crippen MR) is 150 cm³/mol. The summed E-state index contributed by atoms with van der Waals surface area (Å²) in [6, 6.07) is 7.33. The van der Waals surface area contributed by atoms with Gasteiger partial charge in [-0.2, -0.15) is 0 Å². The third-order valence-corrected chi connectivity index (χ3v) is 8.17. The van der Waals surface area contributed by atoms with Gasteiger partial charge in [0.1, 0.15) is 10.7 Å². The molecule has 2 heterocycles. The monoisotopic (exact) mass is 556 g/mol. The first-order valence-electron chi connectivity index (χ1n) is 13.5. The first-order chi connectivity index (χ1) is 18.5. The van der Waals surface area contributed by atoms with Crippen LogP contribution in [-0.2, 0) is 20.9 Å². The van der Waals surface area contributed by atoms with E-state index < -0.39 is 12.1 Å². The summed E-state index contributed by atoms with van der Waals surface area (Å²) in [5.74, 6) is -0.374. The largest absolute Gasteiger partial charge is 0.455 e. The standard InChI is InChI=1S/C29H40N4O5S/c1-7-19(4)14-26(35)32(6)24(18(2)3)15-25(38-20(5)34)28-31-23(17-39-28)27(36)30-12-13-33-16-21-10-8-9-11-22(21)29(33)37/h8-11,17-19,24-25H,7,12-16H2,1-6H3,(H,30,36)/t19-,24+,25+/m0/s1. The van der Waals surface area contributed by atoms with Crippen LogP contribution in [-0.4, -0.2) is 64.7 Å². The smallest absolute Gasteiger partial charge is 0.303 e. The molecule has 1 aromatic heterocycles. The Hall–Kier alpha value is -3.27. The van der Waals surface area contributed by atoms with Crippen molar-refractivity contribution in [3.8, 4) is 0 Å². The van der Waals surface area contributed by atoms with E-state index in [1.807, 2.05) is 38.1 Å². The number of rotatable bonds is 13. The van der Waals surface area contributed by atoms with E-state index in [1.165, 1.54) is 18.3 Å². The molecule has 0 saturated carbocycles. The second kappa shape index (κ2) is 13.7. The molecule has 10 heteroatoms. The summed E-state index contributed by atoms with van der Waals surface area (Å²) in [6.07, 6.45) is 1.09. The fourth-order valence-electron chi connectivity index (χ4n) is 4.70. The summed E-state index contributed by atoms with van der Waals surface area (Å²) in [6.45, 7) is 10.7. The number of hydrogen-bond acceptors (Lipinski definition) is 7. The number of hydrogen-bond donors (Lipinski definition) is 1. The van der Waals surface area contributed by atoms with Crippen LogP contribution >= 0.6 is 11.3 Å². The number of aromatic nitrogens is 1. The highest BCUT2D eigenvalue weighted by Crippen LogP contribution is 2.31. The fourth-order valence-corrected chi connectivity index (χ4v) is 5.54. The lowest BCUT2D eigenvalue weighted by molar-refractivity contribution is -0.148. The molecule has 0 unspecified atom stereocenters. The Labute approximate surface area is 234 Å². The maximum atomic E-state index is 12.9. The number of benzene rings is 1. The first kappa shape index (κ1) is 30.3. The van der Waals surface area contributed by atoms with Crippen molar-refractivity contribution >= 4 is 35.0 Å². The maximum Gasteiger partial charge on any atom is 0.303 e. The number of carbonyl (C=O) groups is 4. The molecule has 3 atom stereocenters. The molecule has 0 radical (unpaired) electrons. The summed E-state index contributed by atoms with van der Waals surface area (Å²) in [7, 11) is 1.80. The van der Waals surface area contributed by atoms with Crippen LogP contribution in [0.2, 0.25) is 0 Å². The number of carbonyl (C=O) groups excluding carboxylic acids is 4. The molecule has 0 bridgehead atoms. The lowest BCUT2D eigenvalue weighted by Crippen LogP contribution is -2.42. The van der Waals surface area contributed by atoms with Crippen LogP contribution in [0.4, 0.5) is 0 Å². The van der Waals surface area contributed by atoms with Crippen LogP contribution in [0.3, 0.4) is 0 Å². The molecular weight excluding hydrogens is 516 g/mol. The Morgan fingerprint density at radius 3 is 2.56 bits per heavy atom. The molecule has 0 saturated heterocycles. The van der Waals surface area contributed by atoms with Crippen molar-refractivity contribution in [2.45, 2.75) is 72.6 Å². The summed E-state index contributed by atoms with van der Waals surface area (Å²) >= 11 is 1.25. The summed E-state index contributed by atoms with van der Waals surface area (Å²) < 4.78 is 5.63. The van der Waals surface area contributed by atoms with Gasteiger partial charge in [0.15, 0.2) is 6.10 Å². The Morgan fingerprint density at radius 1 is 1.21 bits per heavy atom. The van der Waals surface area contributed by atoms with Gasteiger partial charge in [-0.05, 0) is 23.5 Å². The molecule has 1 aromatic carbocycles. The minimum Gasteiger partial charge on any atom is -0.455 e. The van der Waals surface area contributed by atoms with Gasteiger partial charge in [-0.15, -0.1) is 11.3 Å². The number of ether oxygens (including phenoxy) is 1. The minimum atomic E-state index is -0.680. The number of amides is 3. The molecule has 3 rings (SSSR count). The van der Waals surface area contributed by atoms with Crippen molar-refractivity contribution in [3.63, 3.8) is 0 Å². The molecule has 0 aliphatic carbocycles. The van der Waals surface area contributed by atoms with Gasteiger partial charge in [0, 0.05) is 63.4 Å². The van der Waals surface area contributed by atoms with Crippen molar-refractivity contribution in [1.29, 1.82) is 0 Å². The SMILES string of the molecule is CC[C@H](C)CC(=O)N(C)[C@H](C[C@@H](OC(C)=O)c1nc(C(=O)NCCN2Cc3ccccc3C2=O)cs1)C(C)C. The van der Waals surface area contributed by atoms with Crippen LogP contribution < -0.4 is 5.32 Å². The zero-order valence-electron chi connectivity index (χ0n) is 23.7. The van der Waals surface area contributed by atoms with Crippen LogP contribution in [0.1, 0.15) is 91.4 Å². The van der Waals surface area contributed by atoms with Gasteiger partial charge >= 0.3 is 5.97 Å². The first-order valence-corrected chi connectivity index (χ1v) is 14.4. The number of thiazole rings is 1. The van der Waals surface area contributed by atoms with Gasteiger partial charge in [-0.3, -0.25) is 19.2 Å². The average Bonchev–Trinajstić information content (AvgIpc) is 3.51. The number of esters is 1. The zero-order valence-corrected chi connectivity index (χ0v) is 24.5. The van der Waals surface area contributed by atoms with Crippen LogP contribution in [0.25, 0.3) is 0 Å². The van der Waals surface area contributed by atoms with Crippen LogP contribution in [0, 0.1) is 11.8 Å². The minimum absolute atomic E-state index is 0.0349. The van der Waals surface area contributed by atoms with Crippen molar-refractivity contribution in [2.75, 3.05) is 20.1 Å². The van der Waals surface area contributed by atoms with E-state index in [9.17, 15) is 19.2 Å². The molecule has 0 spiro atoms. The van der Waals surface area contributed by atoms with E-state index >= 15 is 0 Å². The van der Waals surface area contributed by atoms with Gasteiger partial charge in [-0.1, -0.05) is 52.3 Å². The van der Waals surface area contributed by atoms with E-state index in [2.05, 4.69) is 24.1 Å². The highest BCUT2D eigenvalue weighted by molar-refractivity contribution is 7.09. The molecule has 1 aliphatic rings. The van der Waals surface area contributed by atoms with Gasteiger partial charge < -0.3 is 19.9 Å². The molecule has 9 nitrogen and oxygen atoms in total. The summed E-state index contributed by atoms with van der Waals surface area (Å²) in [4.78, 5) is 58.1. The summed E-state index contributed by atoms with van der Waals surface area (Å²) in [5.41, 5.74) is 1.92. The van der Waals surface area contributed by atoms with E-state index in [0.29, 0.717) is 36.5 Å². The normalized spacial score (nSPS) is 15.1. The van der Waals surface area contributed by atoms with Crippen LogP contribution in [0.5, 0.6) is 0 Å². The highest BCUT2D eigenvalue weighted by atomic mass is 32.1. The van der Waals surface area contributed by atoms with Crippen molar-refractivity contribution in [3.05, 3.63) is 51.5 Å². The van der Waals surface area contributed by atoms with E-state index in [4.69, 9.17) is 4.74 Å². The fraction of sp³-hybridized carbons (Fsp3) is 0.552. The second-order valence-corrected chi connectivity index (χ2v) is 11.5. The Kier molecular flexibility index (Phi) is 10.6. The van der Waals surface area contributed by atoms with E-state index in [1.54, 1.807) is 22.2 Å². The van der Waals surface area contributed by atoms with E-state index in [0.717, 1.165) is 12.0 Å².